The number of hydrogen-bond donors (Lipinski definition) is 1. The maximum Gasteiger partial charge on any atom is 0.245 e. The van der Waals surface area contributed by atoms with Crippen molar-refractivity contribution in [2.45, 2.75) is 39.0 Å². The molecule has 0 saturated carbocycles. The van der Waals surface area contributed by atoms with Gasteiger partial charge in [0.1, 0.15) is 6.04 Å². The molecule has 0 aromatic heterocycles. The van der Waals surface area contributed by atoms with Gasteiger partial charge in [0.25, 0.3) is 0 Å². The second-order valence-electron chi connectivity index (χ2n) is 5.75. The number of hydrogen-bond acceptors (Lipinski definition) is 3. The van der Waals surface area contributed by atoms with E-state index in [2.05, 4.69) is 19.2 Å². The summed E-state index contributed by atoms with van der Waals surface area (Å²) in [5, 5.41) is 3.47. The molecule has 110 valence electrons. The summed E-state index contributed by atoms with van der Waals surface area (Å²) in [7, 11) is 1.67. The van der Waals surface area contributed by atoms with Crippen molar-refractivity contribution >= 4 is 5.91 Å². The lowest BCUT2D eigenvalue weighted by Gasteiger charge is -2.32. The summed E-state index contributed by atoms with van der Waals surface area (Å²) in [5.74, 6) is 0.492. The van der Waals surface area contributed by atoms with Crippen molar-refractivity contribution < 1.29 is 9.53 Å². The molecule has 2 rings (SSSR count). The second-order valence-corrected chi connectivity index (χ2v) is 5.75. The van der Waals surface area contributed by atoms with E-state index in [0.29, 0.717) is 12.5 Å². The minimum Gasteiger partial charge on any atom is -0.383 e. The Balaban J connectivity index is 2.25. The molecular weight excluding hydrogens is 252 g/mol. The van der Waals surface area contributed by atoms with E-state index in [0.717, 1.165) is 5.56 Å². The van der Waals surface area contributed by atoms with Crippen molar-refractivity contribution in [3.05, 3.63) is 35.9 Å². The lowest BCUT2D eigenvalue weighted by Crippen LogP contribution is -2.47. The fourth-order valence-electron chi connectivity index (χ4n) is 2.82. The van der Waals surface area contributed by atoms with Gasteiger partial charge in [-0.1, -0.05) is 44.2 Å². The Morgan fingerprint density at radius 3 is 2.45 bits per heavy atom. The predicted molar refractivity (Wildman–Crippen MR) is 79.1 cm³/mol. The maximum atomic E-state index is 12.7. The fraction of sp³-hybridized carbons (Fsp3) is 0.562. The molecule has 3 unspecified atom stereocenters. The maximum absolute atomic E-state index is 12.7. The van der Waals surface area contributed by atoms with E-state index >= 15 is 0 Å². The summed E-state index contributed by atoms with van der Waals surface area (Å²) in [6.45, 7) is 6.85. The second kappa shape index (κ2) is 6.37. The van der Waals surface area contributed by atoms with Gasteiger partial charge < -0.3 is 9.64 Å². The summed E-state index contributed by atoms with van der Waals surface area (Å²) >= 11 is 0. The first-order chi connectivity index (χ1) is 9.56. The molecule has 1 aromatic carbocycles. The van der Waals surface area contributed by atoms with E-state index in [4.69, 9.17) is 4.74 Å². The van der Waals surface area contributed by atoms with Crippen LogP contribution in [-0.2, 0) is 9.53 Å². The van der Waals surface area contributed by atoms with Gasteiger partial charge in [-0.3, -0.25) is 10.1 Å². The average Bonchev–Trinajstić information content (AvgIpc) is 2.78. The highest BCUT2D eigenvalue weighted by atomic mass is 16.5. The smallest absolute Gasteiger partial charge is 0.245 e. The molecule has 0 radical (unpaired) electrons. The van der Waals surface area contributed by atoms with E-state index in [1.165, 1.54) is 0 Å². The number of amides is 1. The Hall–Kier alpha value is -1.39. The van der Waals surface area contributed by atoms with Crippen LogP contribution < -0.4 is 5.32 Å². The minimum atomic E-state index is -0.247. The van der Waals surface area contributed by atoms with Gasteiger partial charge in [-0.15, -0.1) is 0 Å². The van der Waals surface area contributed by atoms with Crippen LogP contribution in [0.4, 0.5) is 0 Å². The fourth-order valence-corrected chi connectivity index (χ4v) is 2.82. The van der Waals surface area contributed by atoms with Crippen LogP contribution >= 0.6 is 0 Å². The molecule has 1 N–H and O–H groups in total. The van der Waals surface area contributed by atoms with Crippen LogP contribution in [0.2, 0.25) is 0 Å². The van der Waals surface area contributed by atoms with Gasteiger partial charge in [-0.2, -0.15) is 0 Å². The molecule has 4 heteroatoms. The Kier molecular flexibility index (Phi) is 4.78. The highest BCUT2D eigenvalue weighted by molar-refractivity contribution is 5.86. The highest BCUT2D eigenvalue weighted by Gasteiger charge is 2.42. The van der Waals surface area contributed by atoms with Crippen LogP contribution in [0.5, 0.6) is 0 Å². The standard InChI is InChI=1S/C16H24N2O2/c1-11(2)15-17-14(13-8-6-5-7-9-13)16(19)18(15)12(3)10-20-4/h5-9,11-12,14-15,17H,10H2,1-4H3. The monoisotopic (exact) mass is 276 g/mol. The normalized spacial score (nSPS) is 24.4. The van der Waals surface area contributed by atoms with Gasteiger partial charge >= 0.3 is 0 Å². The lowest BCUT2D eigenvalue weighted by atomic mass is 10.1. The largest absolute Gasteiger partial charge is 0.383 e. The number of carbonyl (C=O) groups excluding carboxylic acids is 1. The molecule has 1 aromatic rings. The van der Waals surface area contributed by atoms with Crippen molar-refractivity contribution in [2.75, 3.05) is 13.7 Å². The van der Waals surface area contributed by atoms with Gasteiger partial charge in [-0.25, -0.2) is 0 Å². The summed E-state index contributed by atoms with van der Waals surface area (Å²) in [6.07, 6.45) is 0.0536. The number of rotatable bonds is 5. The third kappa shape index (κ3) is 2.86. The molecule has 1 aliphatic heterocycles. The average molecular weight is 276 g/mol. The van der Waals surface area contributed by atoms with Crippen molar-refractivity contribution in [3.8, 4) is 0 Å². The summed E-state index contributed by atoms with van der Waals surface area (Å²) in [6, 6.07) is 9.72. The van der Waals surface area contributed by atoms with E-state index in [9.17, 15) is 4.79 Å². The molecule has 4 nitrogen and oxygen atoms in total. The van der Waals surface area contributed by atoms with Crippen LogP contribution in [0.25, 0.3) is 0 Å². The Morgan fingerprint density at radius 2 is 1.90 bits per heavy atom. The molecule has 1 fully saturated rings. The summed E-state index contributed by atoms with van der Waals surface area (Å²) in [4.78, 5) is 14.7. The van der Waals surface area contributed by atoms with Gasteiger partial charge in [0.15, 0.2) is 0 Å². The molecule has 1 aliphatic rings. The van der Waals surface area contributed by atoms with Crippen LogP contribution in [-0.4, -0.2) is 36.7 Å². The molecular formula is C16H24N2O2. The number of methoxy groups -OCH3 is 1. The number of carbonyl (C=O) groups is 1. The zero-order chi connectivity index (χ0) is 14.7. The molecule has 0 spiro atoms. The van der Waals surface area contributed by atoms with E-state index in [-0.39, 0.29) is 24.2 Å². The molecule has 1 amide bonds. The van der Waals surface area contributed by atoms with E-state index in [1.54, 1.807) is 7.11 Å². The zero-order valence-corrected chi connectivity index (χ0v) is 12.7. The Morgan fingerprint density at radius 1 is 1.25 bits per heavy atom. The molecule has 3 atom stereocenters. The van der Waals surface area contributed by atoms with Crippen LogP contribution in [0, 0.1) is 5.92 Å². The number of nitrogens with one attached hydrogen (secondary N) is 1. The molecule has 20 heavy (non-hydrogen) atoms. The SMILES string of the molecule is COCC(C)N1C(=O)C(c2ccccc2)NC1C(C)C. The molecule has 1 saturated heterocycles. The van der Waals surface area contributed by atoms with Gasteiger partial charge in [0.05, 0.1) is 18.8 Å². The van der Waals surface area contributed by atoms with Gasteiger partial charge in [0.2, 0.25) is 5.91 Å². The first kappa shape index (κ1) is 15.0. The van der Waals surface area contributed by atoms with Gasteiger partial charge in [0, 0.05) is 7.11 Å². The summed E-state index contributed by atoms with van der Waals surface area (Å²) in [5.41, 5.74) is 1.02. The van der Waals surface area contributed by atoms with Crippen LogP contribution in [0.3, 0.4) is 0 Å². The summed E-state index contributed by atoms with van der Waals surface area (Å²) < 4.78 is 5.21. The van der Waals surface area contributed by atoms with Crippen molar-refractivity contribution in [2.24, 2.45) is 5.92 Å². The number of nitrogens with zero attached hydrogens (tertiary/aromatic N) is 1. The quantitative estimate of drug-likeness (QED) is 0.896. The van der Waals surface area contributed by atoms with Gasteiger partial charge in [-0.05, 0) is 18.4 Å². The predicted octanol–water partition coefficient (Wildman–Crippen LogP) is 2.18. The van der Waals surface area contributed by atoms with Crippen molar-refractivity contribution in [1.29, 1.82) is 0 Å². The lowest BCUT2D eigenvalue weighted by molar-refractivity contribution is -0.133. The number of ether oxygens (including phenoxy) is 1. The molecule has 1 heterocycles. The van der Waals surface area contributed by atoms with Crippen LogP contribution in [0.1, 0.15) is 32.4 Å². The number of benzene rings is 1. The van der Waals surface area contributed by atoms with E-state index < -0.39 is 0 Å². The van der Waals surface area contributed by atoms with Crippen molar-refractivity contribution in [1.82, 2.24) is 10.2 Å². The van der Waals surface area contributed by atoms with E-state index in [1.807, 2.05) is 42.2 Å². The van der Waals surface area contributed by atoms with Crippen molar-refractivity contribution in [3.63, 3.8) is 0 Å². The zero-order valence-electron chi connectivity index (χ0n) is 12.7. The first-order valence-corrected chi connectivity index (χ1v) is 7.18. The molecule has 0 aliphatic carbocycles. The topological polar surface area (TPSA) is 41.6 Å². The Bertz CT molecular complexity index is 447. The van der Waals surface area contributed by atoms with Crippen LogP contribution in [0.15, 0.2) is 30.3 Å². The minimum absolute atomic E-state index is 0.0536. The Labute approximate surface area is 121 Å². The third-order valence-corrected chi connectivity index (χ3v) is 3.79. The third-order valence-electron chi connectivity index (χ3n) is 3.79. The first-order valence-electron chi connectivity index (χ1n) is 7.18. The molecule has 0 bridgehead atoms. The highest BCUT2D eigenvalue weighted by Crippen LogP contribution is 2.29.